The van der Waals surface area contributed by atoms with Crippen molar-refractivity contribution in [3.05, 3.63) is 44.6 Å². The third-order valence-corrected chi connectivity index (χ3v) is 3.67. The molecule has 0 atom stereocenters. The van der Waals surface area contributed by atoms with Gasteiger partial charge in [-0.05, 0) is 46.0 Å². The first kappa shape index (κ1) is 12.3. The maximum atomic E-state index is 13.8. The fourth-order valence-electron chi connectivity index (χ4n) is 1.41. The molecule has 0 N–H and O–H groups in total. The van der Waals surface area contributed by atoms with E-state index in [2.05, 4.69) is 25.5 Å². The van der Waals surface area contributed by atoms with E-state index in [1.54, 1.807) is 12.1 Å². The van der Waals surface area contributed by atoms with Crippen LogP contribution in [0.1, 0.15) is 27.9 Å². The molecule has 6 heteroatoms. The Morgan fingerprint density at radius 3 is 3.00 bits per heavy atom. The number of aryl methyl sites for hydroxylation is 1. The molecule has 0 aliphatic carbocycles. The molecule has 0 radical (unpaired) electrons. The minimum absolute atomic E-state index is 0.0418. The van der Waals surface area contributed by atoms with Gasteiger partial charge in [0.05, 0.1) is 15.7 Å². The quantitative estimate of drug-likeness (QED) is 0.817. The zero-order chi connectivity index (χ0) is 12.4. The number of ketones is 1. The van der Waals surface area contributed by atoms with Gasteiger partial charge in [-0.1, -0.05) is 17.5 Å². The number of benzene rings is 1. The normalized spacial score (nSPS) is 10.5. The maximum absolute atomic E-state index is 13.8. The van der Waals surface area contributed by atoms with E-state index < -0.39 is 5.82 Å². The summed E-state index contributed by atoms with van der Waals surface area (Å²) in [6.45, 7) is 1.88. The largest absolute Gasteiger partial charge is 0.287 e. The average molecular weight is 315 g/mol. The Kier molecular flexibility index (Phi) is 3.63. The van der Waals surface area contributed by atoms with Gasteiger partial charge >= 0.3 is 0 Å². The van der Waals surface area contributed by atoms with Gasteiger partial charge in [-0.2, -0.15) is 0 Å². The van der Waals surface area contributed by atoms with E-state index >= 15 is 0 Å². The molecule has 0 unspecified atom stereocenters. The highest BCUT2D eigenvalue weighted by Crippen LogP contribution is 2.23. The highest BCUT2D eigenvalue weighted by molar-refractivity contribution is 9.10. The molecule has 0 saturated carbocycles. The van der Waals surface area contributed by atoms with Crippen LogP contribution in [0.4, 0.5) is 4.39 Å². The smallest absolute Gasteiger partial charge is 0.209 e. The molecule has 17 heavy (non-hydrogen) atoms. The molecule has 0 amide bonds. The molecule has 1 aromatic heterocycles. The summed E-state index contributed by atoms with van der Waals surface area (Å²) in [5.41, 5.74) is 0.652. The molecule has 1 aromatic carbocycles. The van der Waals surface area contributed by atoms with Crippen molar-refractivity contribution in [2.24, 2.45) is 0 Å². The topological polar surface area (TPSA) is 42.9 Å². The van der Waals surface area contributed by atoms with Crippen LogP contribution >= 0.6 is 27.5 Å². The summed E-state index contributed by atoms with van der Waals surface area (Å²) in [4.78, 5) is 12.5. The molecule has 2 rings (SSSR count). The van der Waals surface area contributed by atoms with E-state index in [1.165, 1.54) is 6.07 Å². The van der Waals surface area contributed by atoms with Gasteiger partial charge < -0.3 is 0 Å². The molecule has 0 aliphatic rings. The molecular formula is C11H8BrFN2OS. The monoisotopic (exact) mass is 314 g/mol. The Morgan fingerprint density at radius 2 is 2.29 bits per heavy atom. The van der Waals surface area contributed by atoms with E-state index in [0.29, 0.717) is 17.0 Å². The van der Waals surface area contributed by atoms with Crippen molar-refractivity contribution >= 4 is 33.2 Å². The number of halogens is 2. The minimum atomic E-state index is -0.548. The van der Waals surface area contributed by atoms with E-state index in [4.69, 9.17) is 0 Å². The highest BCUT2D eigenvalue weighted by Gasteiger charge is 2.20. The number of carbonyl (C=O) groups is 1. The van der Waals surface area contributed by atoms with Gasteiger partial charge in [0.1, 0.15) is 10.7 Å². The number of carbonyl (C=O) groups excluding carboxylic acids is 1. The minimum Gasteiger partial charge on any atom is -0.287 e. The van der Waals surface area contributed by atoms with Crippen LogP contribution in [-0.4, -0.2) is 15.4 Å². The lowest BCUT2D eigenvalue weighted by Gasteiger charge is -2.02. The molecule has 88 valence electrons. The van der Waals surface area contributed by atoms with E-state index in [-0.39, 0.29) is 15.8 Å². The van der Waals surface area contributed by atoms with E-state index in [1.807, 2.05) is 6.92 Å². The third-order valence-electron chi connectivity index (χ3n) is 2.29. The molecule has 1 heterocycles. The van der Waals surface area contributed by atoms with Gasteiger partial charge in [0.15, 0.2) is 0 Å². The lowest BCUT2D eigenvalue weighted by atomic mass is 10.1. The number of hydrogen-bond acceptors (Lipinski definition) is 4. The van der Waals surface area contributed by atoms with E-state index in [9.17, 15) is 9.18 Å². The average Bonchev–Trinajstić information content (AvgIpc) is 2.80. The third kappa shape index (κ3) is 2.28. The van der Waals surface area contributed by atoms with Crippen LogP contribution in [0.25, 0.3) is 0 Å². The van der Waals surface area contributed by atoms with Gasteiger partial charge in [0.25, 0.3) is 0 Å². The molecule has 2 aromatic rings. The van der Waals surface area contributed by atoms with Crippen LogP contribution in [0.15, 0.2) is 22.7 Å². The Labute approximate surface area is 110 Å². The van der Waals surface area contributed by atoms with Crippen LogP contribution in [-0.2, 0) is 6.42 Å². The lowest BCUT2D eigenvalue weighted by Crippen LogP contribution is -2.05. The Hall–Kier alpha value is -1.14. The van der Waals surface area contributed by atoms with Crippen LogP contribution in [0.5, 0.6) is 0 Å². The second-order valence-electron chi connectivity index (χ2n) is 3.33. The van der Waals surface area contributed by atoms with Crippen LogP contribution in [0.3, 0.4) is 0 Å². The number of hydrogen-bond donors (Lipinski definition) is 0. The molecule has 0 aliphatic heterocycles. The fraction of sp³-hybridized carbons (Fsp3) is 0.182. The molecule has 0 spiro atoms. The second-order valence-corrected chi connectivity index (χ2v) is 4.94. The number of rotatable bonds is 3. The van der Waals surface area contributed by atoms with Crippen molar-refractivity contribution in [1.29, 1.82) is 0 Å². The zero-order valence-corrected chi connectivity index (χ0v) is 11.3. The Bertz CT molecular complexity index is 570. The van der Waals surface area contributed by atoms with Gasteiger partial charge in [0.2, 0.25) is 5.78 Å². The second kappa shape index (κ2) is 5.01. The molecular weight excluding hydrogens is 307 g/mol. The van der Waals surface area contributed by atoms with Crippen molar-refractivity contribution in [3.63, 3.8) is 0 Å². The molecule has 0 bridgehead atoms. The Balaban J connectivity index is 2.48. The van der Waals surface area contributed by atoms with Gasteiger partial charge in [-0.15, -0.1) is 5.10 Å². The summed E-state index contributed by atoms with van der Waals surface area (Å²) >= 11 is 4.06. The number of aromatic nitrogens is 2. The lowest BCUT2D eigenvalue weighted by molar-refractivity contribution is 0.103. The summed E-state index contributed by atoms with van der Waals surface area (Å²) in [6, 6.07) is 4.64. The van der Waals surface area contributed by atoms with Crippen molar-refractivity contribution in [2.75, 3.05) is 0 Å². The van der Waals surface area contributed by atoms with Crippen molar-refractivity contribution < 1.29 is 9.18 Å². The van der Waals surface area contributed by atoms with Gasteiger partial charge in [-0.3, -0.25) is 4.79 Å². The van der Waals surface area contributed by atoms with Crippen LogP contribution in [0, 0.1) is 5.82 Å². The fourth-order valence-corrected chi connectivity index (χ4v) is 2.48. The molecule has 0 fully saturated rings. The predicted octanol–water partition coefficient (Wildman–Crippen LogP) is 3.23. The van der Waals surface area contributed by atoms with E-state index in [0.717, 1.165) is 11.5 Å². The van der Waals surface area contributed by atoms with Crippen LogP contribution < -0.4 is 0 Å². The van der Waals surface area contributed by atoms with Crippen LogP contribution in [0.2, 0.25) is 0 Å². The van der Waals surface area contributed by atoms with Crippen molar-refractivity contribution in [2.45, 2.75) is 13.3 Å². The van der Waals surface area contributed by atoms with Gasteiger partial charge in [-0.25, -0.2) is 4.39 Å². The summed E-state index contributed by atoms with van der Waals surface area (Å²) in [5.74, 6) is -0.913. The van der Waals surface area contributed by atoms with Crippen molar-refractivity contribution in [1.82, 2.24) is 9.59 Å². The molecule has 3 nitrogen and oxygen atoms in total. The standard InChI is InChI=1S/C11H8BrFN2OS/c1-2-8-11(17-15-14-8)10(16)6-4-3-5-7(12)9(6)13/h3-5H,2H2,1H3. The first-order valence-corrected chi connectivity index (χ1v) is 6.51. The summed E-state index contributed by atoms with van der Waals surface area (Å²) in [5, 5.41) is 3.85. The highest BCUT2D eigenvalue weighted by atomic mass is 79.9. The zero-order valence-electron chi connectivity index (χ0n) is 8.91. The Morgan fingerprint density at radius 1 is 1.53 bits per heavy atom. The first-order chi connectivity index (χ1) is 8.15. The van der Waals surface area contributed by atoms with Crippen molar-refractivity contribution in [3.8, 4) is 0 Å². The maximum Gasteiger partial charge on any atom is 0.209 e. The van der Waals surface area contributed by atoms with Gasteiger partial charge in [0, 0.05) is 0 Å². The predicted molar refractivity (Wildman–Crippen MR) is 66.8 cm³/mol. The number of nitrogens with zero attached hydrogens (tertiary/aromatic N) is 2. The first-order valence-electron chi connectivity index (χ1n) is 4.95. The summed E-state index contributed by atoms with van der Waals surface area (Å²) in [6.07, 6.45) is 0.604. The summed E-state index contributed by atoms with van der Waals surface area (Å²) in [7, 11) is 0. The summed E-state index contributed by atoms with van der Waals surface area (Å²) < 4.78 is 17.8. The molecule has 0 saturated heterocycles. The SMILES string of the molecule is CCc1nnsc1C(=O)c1cccc(Br)c1F.